The Morgan fingerprint density at radius 1 is 1.33 bits per heavy atom. The summed E-state index contributed by atoms with van der Waals surface area (Å²) in [7, 11) is 0. The number of hydrogen-bond acceptors (Lipinski definition) is 5. The molecule has 7 heteroatoms. The Labute approximate surface area is 172 Å². The molecule has 3 aromatic rings. The van der Waals surface area contributed by atoms with E-state index in [9.17, 15) is 14.3 Å². The number of nitrogens with zero attached hydrogens (tertiary/aromatic N) is 1. The molecule has 2 aromatic carbocycles. The molecule has 1 aliphatic heterocycles. The number of benzene rings is 2. The molecule has 4 rings (SSSR count). The van der Waals surface area contributed by atoms with Crippen molar-refractivity contribution in [2.75, 3.05) is 6.61 Å². The maximum atomic E-state index is 13.4. The molecule has 1 aliphatic rings. The lowest BCUT2D eigenvalue weighted by Gasteiger charge is -2.25. The maximum Gasteiger partial charge on any atom is 0.205 e. The number of nitrogens with one attached hydrogen (secondary N) is 1. The third-order valence-corrected chi connectivity index (χ3v) is 5.42. The van der Waals surface area contributed by atoms with Crippen molar-refractivity contribution < 1.29 is 19.0 Å². The number of ether oxygens (including phenoxy) is 1. The Hall–Kier alpha value is -3.45. The van der Waals surface area contributed by atoms with Crippen LogP contribution < -0.4 is 10.5 Å². The Balaban J connectivity index is 1.72. The molecule has 0 radical (unpaired) electrons. The number of aryl methyl sites for hydroxylation is 1. The third kappa shape index (κ3) is 3.48. The number of halogens is 1. The minimum atomic E-state index is -0.656. The van der Waals surface area contributed by atoms with Gasteiger partial charge < -0.3 is 25.6 Å². The fraction of sp³-hybridized carbons (Fsp3) is 0.217. The van der Waals surface area contributed by atoms with Gasteiger partial charge in [0, 0.05) is 47.2 Å². The number of fused-ring (bicyclic) bond motifs is 2. The van der Waals surface area contributed by atoms with E-state index in [-0.39, 0.29) is 18.2 Å². The zero-order valence-electron chi connectivity index (χ0n) is 16.3. The van der Waals surface area contributed by atoms with Crippen LogP contribution in [0.5, 0.6) is 5.75 Å². The Bertz CT molecular complexity index is 1170. The standard InChI is InChI=1S/C23H22FN3O3/c24-17-3-6-21-15(9-17)2-5-22(30-21)23(29)19-13-27(7-8-28)20-10-14(1-4-18(19)20)16(11-25)12-26/h1,3-4,6,9-13,22,25,28H,2,5,7-8,26H2/b16-12+,25-11?. The largest absolute Gasteiger partial charge is 0.482 e. The van der Waals surface area contributed by atoms with Gasteiger partial charge in [0.15, 0.2) is 6.10 Å². The smallest absolute Gasteiger partial charge is 0.205 e. The van der Waals surface area contributed by atoms with E-state index < -0.39 is 6.10 Å². The molecule has 154 valence electrons. The maximum absolute atomic E-state index is 13.4. The van der Waals surface area contributed by atoms with Crippen LogP contribution in [0.2, 0.25) is 0 Å². The number of rotatable bonds is 6. The predicted octanol–water partition coefficient (Wildman–Crippen LogP) is 3.30. The number of aromatic nitrogens is 1. The van der Waals surface area contributed by atoms with E-state index in [0.29, 0.717) is 36.3 Å². The van der Waals surface area contributed by atoms with Crippen LogP contribution in [0, 0.1) is 11.2 Å². The summed E-state index contributed by atoms with van der Waals surface area (Å²) in [4.78, 5) is 13.3. The number of allylic oxidation sites excluding steroid dienone is 1. The van der Waals surface area contributed by atoms with Gasteiger partial charge in [0.05, 0.1) is 6.61 Å². The van der Waals surface area contributed by atoms with Gasteiger partial charge in [0.1, 0.15) is 11.6 Å². The lowest BCUT2D eigenvalue weighted by atomic mass is 9.96. The van der Waals surface area contributed by atoms with Gasteiger partial charge in [0.2, 0.25) is 5.78 Å². The molecule has 1 atom stereocenters. The Kier molecular flexibility index (Phi) is 5.37. The summed E-state index contributed by atoms with van der Waals surface area (Å²) in [6.45, 7) is 0.248. The fourth-order valence-corrected chi connectivity index (χ4v) is 3.90. The van der Waals surface area contributed by atoms with Gasteiger partial charge in [-0.15, -0.1) is 0 Å². The number of Topliss-reactive ketones (excluding diaryl/α,β-unsaturated/α-hetero) is 1. The number of aliphatic hydroxyl groups excluding tert-OH is 1. The SMILES string of the molecule is N=C/C(=C\N)c1ccc2c(C(=O)C3CCc4cc(F)ccc4O3)cn(CCO)c2c1. The first-order valence-electron chi connectivity index (χ1n) is 9.71. The first-order valence-corrected chi connectivity index (χ1v) is 9.71. The average Bonchev–Trinajstić information content (AvgIpc) is 3.12. The molecule has 2 heterocycles. The number of aliphatic hydroxyl groups is 1. The summed E-state index contributed by atoms with van der Waals surface area (Å²) in [5.41, 5.74) is 8.95. The molecule has 0 saturated carbocycles. The summed E-state index contributed by atoms with van der Waals surface area (Å²) in [6, 6.07) is 9.81. The minimum absolute atomic E-state index is 0.0787. The molecule has 0 spiro atoms. The van der Waals surface area contributed by atoms with Crippen molar-refractivity contribution in [1.82, 2.24) is 4.57 Å². The van der Waals surface area contributed by atoms with Crippen molar-refractivity contribution in [1.29, 1.82) is 5.41 Å². The van der Waals surface area contributed by atoms with Crippen LogP contribution >= 0.6 is 0 Å². The fourth-order valence-electron chi connectivity index (χ4n) is 3.90. The van der Waals surface area contributed by atoms with Crippen molar-refractivity contribution in [3.05, 3.63) is 71.3 Å². The van der Waals surface area contributed by atoms with Gasteiger partial charge in [-0.05, 0) is 48.2 Å². The van der Waals surface area contributed by atoms with Crippen LogP contribution in [0.1, 0.15) is 27.9 Å². The highest BCUT2D eigenvalue weighted by molar-refractivity contribution is 6.13. The second-order valence-corrected chi connectivity index (χ2v) is 7.22. The van der Waals surface area contributed by atoms with Crippen molar-refractivity contribution in [2.24, 2.45) is 5.73 Å². The molecule has 0 bridgehead atoms. The molecular formula is C23H22FN3O3. The first-order chi connectivity index (χ1) is 14.5. The molecule has 0 saturated heterocycles. The normalized spacial score (nSPS) is 16.2. The van der Waals surface area contributed by atoms with E-state index in [2.05, 4.69) is 0 Å². The highest BCUT2D eigenvalue weighted by atomic mass is 19.1. The summed E-state index contributed by atoms with van der Waals surface area (Å²) >= 11 is 0. The zero-order valence-corrected chi connectivity index (χ0v) is 16.3. The zero-order chi connectivity index (χ0) is 21.3. The molecule has 4 N–H and O–H groups in total. The molecule has 6 nitrogen and oxygen atoms in total. The number of carbonyl (C=O) groups excluding carboxylic acids is 1. The molecule has 1 aromatic heterocycles. The molecule has 1 unspecified atom stereocenters. The molecule has 0 amide bonds. The quantitative estimate of drug-likeness (QED) is 0.431. The van der Waals surface area contributed by atoms with E-state index in [1.165, 1.54) is 24.5 Å². The first kappa shape index (κ1) is 19.8. The van der Waals surface area contributed by atoms with Crippen LogP contribution in [0.15, 0.2) is 48.8 Å². The van der Waals surface area contributed by atoms with Crippen molar-refractivity contribution in [3.8, 4) is 5.75 Å². The molecular weight excluding hydrogens is 385 g/mol. The number of nitrogens with two attached hydrogens (primary N) is 1. The number of hydrogen-bond donors (Lipinski definition) is 3. The van der Waals surface area contributed by atoms with Crippen LogP contribution in [-0.2, 0) is 13.0 Å². The van der Waals surface area contributed by atoms with Crippen molar-refractivity contribution in [3.63, 3.8) is 0 Å². The van der Waals surface area contributed by atoms with E-state index >= 15 is 0 Å². The van der Waals surface area contributed by atoms with E-state index in [4.69, 9.17) is 15.9 Å². The monoisotopic (exact) mass is 407 g/mol. The summed E-state index contributed by atoms with van der Waals surface area (Å²) < 4.78 is 21.1. The summed E-state index contributed by atoms with van der Waals surface area (Å²) in [5, 5.41) is 17.7. The third-order valence-electron chi connectivity index (χ3n) is 5.42. The number of carbonyl (C=O) groups is 1. The van der Waals surface area contributed by atoms with Gasteiger partial charge >= 0.3 is 0 Å². The van der Waals surface area contributed by atoms with E-state index in [0.717, 1.165) is 22.0 Å². The second kappa shape index (κ2) is 8.12. The average molecular weight is 407 g/mol. The Morgan fingerprint density at radius 3 is 2.90 bits per heavy atom. The van der Waals surface area contributed by atoms with E-state index in [1.807, 2.05) is 22.8 Å². The highest BCUT2D eigenvalue weighted by Crippen LogP contribution is 2.32. The van der Waals surface area contributed by atoms with Crippen LogP contribution in [0.4, 0.5) is 4.39 Å². The topological polar surface area (TPSA) is 101 Å². The summed E-state index contributed by atoms with van der Waals surface area (Å²) in [6.07, 6.45) is 4.63. The lowest BCUT2D eigenvalue weighted by Crippen LogP contribution is -2.31. The van der Waals surface area contributed by atoms with Crippen molar-refractivity contribution >= 4 is 28.5 Å². The van der Waals surface area contributed by atoms with Gasteiger partial charge in [-0.2, -0.15) is 0 Å². The predicted molar refractivity (Wildman–Crippen MR) is 113 cm³/mol. The molecule has 0 fully saturated rings. The van der Waals surface area contributed by atoms with Crippen LogP contribution in [-0.4, -0.2) is 34.4 Å². The van der Waals surface area contributed by atoms with Gasteiger partial charge in [0.25, 0.3) is 0 Å². The van der Waals surface area contributed by atoms with Crippen LogP contribution in [0.25, 0.3) is 16.5 Å². The molecule has 30 heavy (non-hydrogen) atoms. The van der Waals surface area contributed by atoms with Gasteiger partial charge in [-0.3, -0.25) is 4.79 Å². The van der Waals surface area contributed by atoms with E-state index in [1.54, 1.807) is 12.3 Å². The minimum Gasteiger partial charge on any atom is -0.482 e. The number of ketones is 1. The van der Waals surface area contributed by atoms with Gasteiger partial charge in [-0.1, -0.05) is 12.1 Å². The highest BCUT2D eigenvalue weighted by Gasteiger charge is 2.29. The lowest BCUT2D eigenvalue weighted by molar-refractivity contribution is 0.0757. The summed E-state index contributed by atoms with van der Waals surface area (Å²) in [5.74, 6) is 0.0629. The van der Waals surface area contributed by atoms with Gasteiger partial charge in [-0.25, -0.2) is 4.39 Å². The van der Waals surface area contributed by atoms with Crippen LogP contribution in [0.3, 0.4) is 0 Å². The molecule has 0 aliphatic carbocycles. The Morgan fingerprint density at radius 2 is 2.17 bits per heavy atom. The van der Waals surface area contributed by atoms with Crippen molar-refractivity contribution in [2.45, 2.75) is 25.5 Å². The second-order valence-electron chi connectivity index (χ2n) is 7.22.